The van der Waals surface area contributed by atoms with Gasteiger partial charge in [-0.3, -0.25) is 4.55 Å². The number of hydrogen-bond donors (Lipinski definition) is 1. The van der Waals surface area contributed by atoms with Gasteiger partial charge >= 0.3 is 41.7 Å². The van der Waals surface area contributed by atoms with Gasteiger partial charge < -0.3 is 0 Å². The van der Waals surface area contributed by atoms with E-state index < -0.39 is 69.5 Å². The molecule has 0 atom stereocenters. The van der Waals surface area contributed by atoms with Crippen molar-refractivity contribution < 1.29 is 83.2 Å². The molecule has 0 aromatic heterocycles. The lowest BCUT2D eigenvalue weighted by Crippen LogP contribution is -2.72. The van der Waals surface area contributed by atoms with Crippen molar-refractivity contribution in [3.63, 3.8) is 0 Å². The fourth-order valence-corrected chi connectivity index (χ4v) is 1.78. The summed E-state index contributed by atoms with van der Waals surface area (Å²) in [6.07, 6.45) is -9.09. The lowest BCUT2D eigenvalue weighted by molar-refractivity contribution is -0.450. The normalized spacial score (nSPS) is 16.8. The molecule has 0 rings (SSSR count). The van der Waals surface area contributed by atoms with E-state index in [0.29, 0.717) is 0 Å². The van der Waals surface area contributed by atoms with Gasteiger partial charge in [0.05, 0.1) is 5.75 Å². The summed E-state index contributed by atoms with van der Waals surface area (Å²) >= 11 is 0. The van der Waals surface area contributed by atoms with Crippen LogP contribution in [0.1, 0.15) is 0 Å². The van der Waals surface area contributed by atoms with E-state index >= 15 is 0 Å². The lowest BCUT2D eigenvalue weighted by Gasteiger charge is -2.41. The van der Waals surface area contributed by atoms with Crippen LogP contribution in [0.2, 0.25) is 0 Å². The molecule has 0 radical (unpaired) electrons. The Morgan fingerprint density at radius 3 is 1.23 bits per heavy atom. The van der Waals surface area contributed by atoms with Crippen molar-refractivity contribution in [2.75, 3.05) is 5.75 Å². The summed E-state index contributed by atoms with van der Waals surface area (Å²) in [7, 11) is -5.52. The molecule has 0 saturated carbocycles. The van der Waals surface area contributed by atoms with Crippen LogP contribution in [0.25, 0.3) is 0 Å². The monoisotopic (exact) mass is 508 g/mol. The molecular weight excluding hydrogens is 504 g/mol. The third-order valence-electron chi connectivity index (χ3n) is 3.10. The van der Waals surface area contributed by atoms with Crippen LogP contribution in [-0.4, -0.2) is 60.4 Å². The van der Waals surface area contributed by atoms with Gasteiger partial charge in [-0.15, -0.1) is 0 Å². The quantitative estimate of drug-likeness (QED) is 0.367. The van der Waals surface area contributed by atoms with Gasteiger partial charge in [-0.2, -0.15) is 74.3 Å². The van der Waals surface area contributed by atoms with Crippen molar-refractivity contribution in [2.24, 2.45) is 0 Å². The van der Waals surface area contributed by atoms with Crippen LogP contribution in [-0.2, 0) is 10.1 Å². The topological polar surface area (TPSA) is 54.4 Å². The fourth-order valence-electron chi connectivity index (χ4n) is 1.42. The summed E-state index contributed by atoms with van der Waals surface area (Å²) in [6, 6.07) is 0. The van der Waals surface area contributed by atoms with Crippen LogP contribution in [0.15, 0.2) is 11.9 Å². The van der Waals surface area contributed by atoms with Crippen molar-refractivity contribution in [1.82, 2.24) is 0 Å². The molecule has 0 aromatic rings. The van der Waals surface area contributed by atoms with Crippen LogP contribution < -0.4 is 0 Å². The molecule has 0 aliphatic rings. The van der Waals surface area contributed by atoms with Crippen molar-refractivity contribution in [3.8, 4) is 0 Å². The Balaban J connectivity index is 6.62. The summed E-state index contributed by atoms with van der Waals surface area (Å²) in [5.74, 6) is -55.7. The Bertz CT molecular complexity index is 778. The van der Waals surface area contributed by atoms with E-state index in [0.717, 1.165) is 0 Å². The standard InChI is InChI=1S/C10H4F16O3S/c11-3(1-2-30(27,28)29)4(12,13)5(14,15)6(16,17)7(18,19)8(20,21)9(22,23)10(24,25)26/h1H,2H2,(H,27,28,29). The molecule has 20 heteroatoms. The zero-order valence-corrected chi connectivity index (χ0v) is 13.8. The van der Waals surface area contributed by atoms with Gasteiger partial charge in [0.2, 0.25) is 0 Å². The molecule has 0 heterocycles. The molecule has 3 nitrogen and oxygen atoms in total. The first-order chi connectivity index (χ1) is 12.6. The maximum Gasteiger partial charge on any atom is 0.460 e. The number of hydrogen-bond acceptors (Lipinski definition) is 2. The Morgan fingerprint density at radius 1 is 0.633 bits per heavy atom. The predicted molar refractivity (Wildman–Crippen MR) is 61.3 cm³/mol. The zero-order valence-electron chi connectivity index (χ0n) is 13.0. The highest BCUT2D eigenvalue weighted by Gasteiger charge is 2.93. The molecule has 0 saturated heterocycles. The molecule has 0 amide bonds. The third-order valence-corrected chi connectivity index (χ3v) is 3.69. The van der Waals surface area contributed by atoms with E-state index in [4.69, 9.17) is 4.55 Å². The number of allylic oxidation sites excluding steroid dienone is 1. The van der Waals surface area contributed by atoms with Crippen LogP contribution in [0, 0.1) is 0 Å². The van der Waals surface area contributed by atoms with E-state index in [2.05, 4.69) is 0 Å². The molecular formula is C10H4F16O3S. The van der Waals surface area contributed by atoms with Gasteiger partial charge in [-0.25, -0.2) is 4.39 Å². The largest absolute Gasteiger partial charge is 0.460 e. The van der Waals surface area contributed by atoms with Crippen LogP contribution in [0.5, 0.6) is 0 Å². The first kappa shape index (κ1) is 28.5. The molecule has 1 N–H and O–H groups in total. The second-order valence-corrected chi connectivity index (χ2v) is 6.74. The van der Waals surface area contributed by atoms with E-state index in [1.165, 1.54) is 0 Å². The Hall–Kier alpha value is -1.47. The Kier molecular flexibility index (Phi) is 6.94. The lowest BCUT2D eigenvalue weighted by atomic mass is 9.90. The summed E-state index contributed by atoms with van der Waals surface area (Å²) in [5.41, 5.74) is 0. The summed E-state index contributed by atoms with van der Waals surface area (Å²) in [5, 5.41) is 0. The van der Waals surface area contributed by atoms with Crippen LogP contribution >= 0.6 is 0 Å². The Morgan fingerprint density at radius 2 is 0.933 bits per heavy atom. The van der Waals surface area contributed by atoms with Crippen molar-refractivity contribution in [3.05, 3.63) is 11.9 Å². The van der Waals surface area contributed by atoms with Crippen molar-refractivity contribution in [1.29, 1.82) is 0 Å². The number of alkyl halides is 15. The van der Waals surface area contributed by atoms with Gasteiger partial charge in [0.1, 0.15) is 0 Å². The van der Waals surface area contributed by atoms with Crippen LogP contribution in [0.4, 0.5) is 70.2 Å². The average molecular weight is 508 g/mol. The molecule has 0 fully saturated rings. The molecule has 0 bridgehead atoms. The maximum atomic E-state index is 13.2. The zero-order chi connectivity index (χ0) is 25.0. The number of halogens is 16. The highest BCUT2D eigenvalue weighted by atomic mass is 32.2. The van der Waals surface area contributed by atoms with E-state index in [1.54, 1.807) is 0 Å². The van der Waals surface area contributed by atoms with Crippen molar-refractivity contribution >= 4 is 10.1 Å². The van der Waals surface area contributed by atoms with Crippen LogP contribution in [0.3, 0.4) is 0 Å². The van der Waals surface area contributed by atoms with Crippen molar-refractivity contribution in [2.45, 2.75) is 41.7 Å². The molecule has 0 aliphatic carbocycles. The molecule has 180 valence electrons. The minimum atomic E-state index is -8.59. The average Bonchev–Trinajstić information content (AvgIpc) is 2.49. The number of rotatable bonds is 8. The highest BCUT2D eigenvalue weighted by molar-refractivity contribution is 7.85. The van der Waals surface area contributed by atoms with Gasteiger partial charge in [-0.05, 0) is 6.08 Å². The summed E-state index contributed by atoms with van der Waals surface area (Å²) < 4.78 is 233. The second-order valence-electron chi connectivity index (χ2n) is 5.24. The Labute approximate surface area is 154 Å². The molecule has 0 aliphatic heterocycles. The SMILES string of the molecule is O=S(=O)(O)CC=C(F)C(F)(F)C(F)(F)C(F)(F)C(F)(F)C(F)(F)C(F)(F)C(F)(F)F. The minimum Gasteiger partial charge on any atom is -0.285 e. The third kappa shape index (κ3) is 4.15. The maximum absolute atomic E-state index is 13.2. The van der Waals surface area contributed by atoms with E-state index in [9.17, 15) is 78.7 Å². The smallest absolute Gasteiger partial charge is 0.285 e. The van der Waals surface area contributed by atoms with Gasteiger partial charge in [0.15, 0.2) is 5.83 Å². The van der Waals surface area contributed by atoms with Gasteiger partial charge in [0.25, 0.3) is 10.1 Å². The molecule has 0 unspecified atom stereocenters. The second kappa shape index (κ2) is 7.30. The van der Waals surface area contributed by atoms with E-state index in [-0.39, 0.29) is 0 Å². The molecule has 0 spiro atoms. The first-order valence-corrected chi connectivity index (χ1v) is 7.88. The van der Waals surface area contributed by atoms with Gasteiger partial charge in [0, 0.05) is 0 Å². The van der Waals surface area contributed by atoms with Gasteiger partial charge in [-0.1, -0.05) is 0 Å². The molecule has 0 aromatic carbocycles. The van der Waals surface area contributed by atoms with E-state index in [1.807, 2.05) is 0 Å². The fraction of sp³-hybridized carbons (Fsp3) is 0.800. The summed E-state index contributed by atoms with van der Waals surface area (Å²) in [6.45, 7) is 0. The summed E-state index contributed by atoms with van der Waals surface area (Å²) in [4.78, 5) is 0. The predicted octanol–water partition coefficient (Wildman–Crippen LogP) is 5.10. The highest BCUT2D eigenvalue weighted by Crippen LogP contribution is 2.63. The first-order valence-electron chi connectivity index (χ1n) is 6.28. The molecule has 30 heavy (non-hydrogen) atoms. The minimum absolute atomic E-state index is 1.32.